The van der Waals surface area contributed by atoms with E-state index >= 15 is 0 Å². The largest absolute Gasteiger partial charge is 0.416 e. The van der Waals surface area contributed by atoms with E-state index in [1.165, 1.54) is 12.1 Å². The molecule has 0 fully saturated rings. The second-order valence-corrected chi connectivity index (χ2v) is 2.74. The summed E-state index contributed by atoms with van der Waals surface area (Å²) in [6.45, 7) is 4.02. The average Bonchev–Trinajstić information content (AvgIpc) is 2.14. The molecule has 0 atom stereocenters. The molecule has 0 heterocycles. The van der Waals surface area contributed by atoms with E-state index in [-0.39, 0.29) is 0 Å². The third-order valence-corrected chi connectivity index (χ3v) is 1.66. The summed E-state index contributed by atoms with van der Waals surface area (Å²) >= 11 is 0. The highest BCUT2D eigenvalue weighted by Gasteiger charge is 2.29. The van der Waals surface area contributed by atoms with Gasteiger partial charge in [-0.25, -0.2) is 0 Å². The van der Waals surface area contributed by atoms with Crippen LogP contribution in [-0.4, -0.2) is 6.54 Å². The SMILES string of the molecule is C=CCNc1ccc(C(F)(F)F)cc1. The standard InChI is InChI=1S/C10H10F3N/c1-2-7-14-9-5-3-8(4-6-9)10(11,12)13/h2-6,14H,1,7H2. The number of benzene rings is 1. The number of nitrogens with one attached hydrogen (secondary N) is 1. The minimum atomic E-state index is -4.27. The first-order valence-electron chi connectivity index (χ1n) is 4.06. The molecule has 1 nitrogen and oxygen atoms in total. The fourth-order valence-electron chi connectivity index (χ4n) is 0.967. The molecule has 0 aliphatic carbocycles. The van der Waals surface area contributed by atoms with Gasteiger partial charge in [-0.1, -0.05) is 6.08 Å². The Labute approximate surface area is 80.2 Å². The number of hydrogen-bond acceptors (Lipinski definition) is 1. The molecule has 0 bridgehead atoms. The maximum atomic E-state index is 12.1. The van der Waals surface area contributed by atoms with Crippen molar-refractivity contribution in [2.45, 2.75) is 6.18 Å². The van der Waals surface area contributed by atoms with Crippen LogP contribution >= 0.6 is 0 Å². The molecular formula is C10H10F3N. The van der Waals surface area contributed by atoms with Crippen LogP contribution < -0.4 is 5.32 Å². The number of halogens is 3. The van der Waals surface area contributed by atoms with E-state index in [0.717, 1.165) is 12.1 Å². The maximum absolute atomic E-state index is 12.1. The molecule has 4 heteroatoms. The Morgan fingerprint density at radius 1 is 1.21 bits per heavy atom. The molecule has 0 aromatic heterocycles. The van der Waals surface area contributed by atoms with Crippen molar-refractivity contribution < 1.29 is 13.2 Å². The van der Waals surface area contributed by atoms with Gasteiger partial charge in [0.2, 0.25) is 0 Å². The van der Waals surface area contributed by atoms with Crippen LogP contribution in [0, 0.1) is 0 Å². The molecule has 0 aliphatic heterocycles. The fourth-order valence-corrected chi connectivity index (χ4v) is 0.967. The highest BCUT2D eigenvalue weighted by Crippen LogP contribution is 2.29. The van der Waals surface area contributed by atoms with Gasteiger partial charge in [0.05, 0.1) is 5.56 Å². The number of anilines is 1. The Hall–Kier alpha value is -1.45. The lowest BCUT2D eigenvalue weighted by molar-refractivity contribution is -0.137. The van der Waals surface area contributed by atoms with Gasteiger partial charge in [0.1, 0.15) is 0 Å². The molecule has 0 unspecified atom stereocenters. The van der Waals surface area contributed by atoms with Crippen molar-refractivity contribution in [3.63, 3.8) is 0 Å². The van der Waals surface area contributed by atoms with Crippen LogP contribution in [0.1, 0.15) is 5.56 Å². The van der Waals surface area contributed by atoms with Gasteiger partial charge in [0.25, 0.3) is 0 Å². The molecule has 0 radical (unpaired) electrons. The summed E-state index contributed by atoms with van der Waals surface area (Å²) in [5.74, 6) is 0. The van der Waals surface area contributed by atoms with Gasteiger partial charge in [-0.15, -0.1) is 6.58 Å². The molecular weight excluding hydrogens is 191 g/mol. The Morgan fingerprint density at radius 3 is 2.21 bits per heavy atom. The van der Waals surface area contributed by atoms with Gasteiger partial charge >= 0.3 is 6.18 Å². The van der Waals surface area contributed by atoms with Crippen LogP contribution in [0.2, 0.25) is 0 Å². The summed E-state index contributed by atoms with van der Waals surface area (Å²) in [6, 6.07) is 4.88. The molecule has 1 rings (SSSR count). The van der Waals surface area contributed by atoms with E-state index in [4.69, 9.17) is 0 Å². The predicted octanol–water partition coefficient (Wildman–Crippen LogP) is 3.30. The Bertz CT molecular complexity index is 300. The minimum absolute atomic E-state index is 0.533. The highest BCUT2D eigenvalue weighted by atomic mass is 19.4. The second-order valence-electron chi connectivity index (χ2n) is 2.74. The first kappa shape index (κ1) is 10.6. The van der Waals surface area contributed by atoms with Crippen LogP contribution in [0.25, 0.3) is 0 Å². The van der Waals surface area contributed by atoms with Crippen molar-refractivity contribution in [1.82, 2.24) is 0 Å². The van der Waals surface area contributed by atoms with Crippen LogP contribution in [0.4, 0.5) is 18.9 Å². The molecule has 0 amide bonds. The Kier molecular flexibility index (Phi) is 3.17. The number of alkyl halides is 3. The van der Waals surface area contributed by atoms with Gasteiger partial charge in [0.15, 0.2) is 0 Å². The van der Waals surface area contributed by atoms with Crippen LogP contribution in [0.15, 0.2) is 36.9 Å². The van der Waals surface area contributed by atoms with E-state index in [1.807, 2.05) is 0 Å². The van der Waals surface area contributed by atoms with Gasteiger partial charge in [-0.05, 0) is 24.3 Å². The Morgan fingerprint density at radius 2 is 1.79 bits per heavy atom. The second kappa shape index (κ2) is 4.17. The summed E-state index contributed by atoms with van der Waals surface area (Å²) in [5.41, 5.74) is 0.0135. The normalized spacial score (nSPS) is 11.1. The maximum Gasteiger partial charge on any atom is 0.416 e. The van der Waals surface area contributed by atoms with Crippen molar-refractivity contribution in [3.05, 3.63) is 42.5 Å². The van der Waals surface area contributed by atoms with Crippen LogP contribution in [-0.2, 0) is 6.18 Å². The zero-order chi connectivity index (χ0) is 10.6. The summed E-state index contributed by atoms with van der Waals surface area (Å²) in [4.78, 5) is 0. The van der Waals surface area contributed by atoms with E-state index in [1.54, 1.807) is 6.08 Å². The lowest BCUT2D eigenvalue weighted by Gasteiger charge is -2.08. The summed E-state index contributed by atoms with van der Waals surface area (Å²) in [6.07, 6.45) is -2.63. The van der Waals surface area contributed by atoms with Crippen molar-refractivity contribution in [2.24, 2.45) is 0 Å². The first-order valence-corrected chi connectivity index (χ1v) is 4.06. The zero-order valence-corrected chi connectivity index (χ0v) is 7.43. The van der Waals surface area contributed by atoms with E-state index in [9.17, 15) is 13.2 Å². The molecule has 14 heavy (non-hydrogen) atoms. The van der Waals surface area contributed by atoms with Crippen molar-refractivity contribution in [1.29, 1.82) is 0 Å². The van der Waals surface area contributed by atoms with Gasteiger partial charge in [-0.2, -0.15) is 13.2 Å². The average molecular weight is 201 g/mol. The summed E-state index contributed by atoms with van der Waals surface area (Å²) in [5, 5.41) is 2.89. The molecule has 76 valence electrons. The lowest BCUT2D eigenvalue weighted by atomic mass is 10.2. The molecule has 1 aromatic rings. The molecule has 0 spiro atoms. The first-order chi connectivity index (χ1) is 6.54. The fraction of sp³-hybridized carbons (Fsp3) is 0.200. The Balaban J connectivity index is 2.73. The molecule has 1 aromatic carbocycles. The van der Waals surface area contributed by atoms with E-state index in [2.05, 4.69) is 11.9 Å². The van der Waals surface area contributed by atoms with Gasteiger partial charge < -0.3 is 5.32 Å². The van der Waals surface area contributed by atoms with Gasteiger partial charge in [0, 0.05) is 12.2 Å². The molecule has 0 aliphatic rings. The number of hydrogen-bond donors (Lipinski definition) is 1. The van der Waals surface area contributed by atoms with Gasteiger partial charge in [-0.3, -0.25) is 0 Å². The van der Waals surface area contributed by atoms with E-state index in [0.29, 0.717) is 12.2 Å². The van der Waals surface area contributed by atoms with E-state index < -0.39 is 11.7 Å². The summed E-state index contributed by atoms with van der Waals surface area (Å²) < 4.78 is 36.4. The summed E-state index contributed by atoms with van der Waals surface area (Å²) in [7, 11) is 0. The van der Waals surface area contributed by atoms with Crippen LogP contribution in [0.3, 0.4) is 0 Å². The number of rotatable bonds is 3. The third-order valence-electron chi connectivity index (χ3n) is 1.66. The quantitative estimate of drug-likeness (QED) is 0.740. The lowest BCUT2D eigenvalue weighted by Crippen LogP contribution is -2.05. The van der Waals surface area contributed by atoms with Crippen molar-refractivity contribution in [3.8, 4) is 0 Å². The topological polar surface area (TPSA) is 12.0 Å². The van der Waals surface area contributed by atoms with Crippen molar-refractivity contribution in [2.75, 3.05) is 11.9 Å². The predicted molar refractivity (Wildman–Crippen MR) is 50.1 cm³/mol. The minimum Gasteiger partial charge on any atom is -0.382 e. The molecule has 0 saturated heterocycles. The van der Waals surface area contributed by atoms with Crippen LogP contribution in [0.5, 0.6) is 0 Å². The van der Waals surface area contributed by atoms with Crippen molar-refractivity contribution >= 4 is 5.69 Å². The molecule has 0 saturated carbocycles. The zero-order valence-electron chi connectivity index (χ0n) is 7.43. The monoisotopic (exact) mass is 201 g/mol. The highest BCUT2D eigenvalue weighted by molar-refractivity contribution is 5.45. The smallest absolute Gasteiger partial charge is 0.382 e. The third kappa shape index (κ3) is 2.80. The molecule has 1 N–H and O–H groups in total.